The largest absolute Gasteiger partial charge is 0.315 e. The highest BCUT2D eigenvalue weighted by atomic mass is 32.2. The van der Waals surface area contributed by atoms with E-state index >= 15 is 0 Å². The summed E-state index contributed by atoms with van der Waals surface area (Å²) in [6.45, 7) is 3.66. The van der Waals surface area contributed by atoms with Gasteiger partial charge in [-0.05, 0) is 43.5 Å². The third kappa shape index (κ3) is 2.80. The number of aryl methyl sites for hydroxylation is 1. The maximum absolute atomic E-state index is 12.9. The minimum atomic E-state index is -3.39. The summed E-state index contributed by atoms with van der Waals surface area (Å²) in [6.07, 6.45) is 0.818. The molecule has 1 aliphatic rings. The third-order valence-corrected chi connectivity index (χ3v) is 7.84. The highest BCUT2D eigenvalue weighted by Crippen LogP contribution is 2.32. The maximum atomic E-state index is 12.9. The van der Waals surface area contributed by atoms with Crippen LogP contribution in [0.25, 0.3) is 0 Å². The molecule has 3 rings (SSSR count). The van der Waals surface area contributed by atoms with E-state index in [9.17, 15) is 8.42 Å². The molecule has 114 valence electrons. The first-order valence-electron chi connectivity index (χ1n) is 6.81. The van der Waals surface area contributed by atoms with Crippen molar-refractivity contribution in [2.75, 3.05) is 13.6 Å². The molecule has 0 atom stereocenters. The van der Waals surface area contributed by atoms with E-state index in [1.165, 1.54) is 4.88 Å². The first kappa shape index (κ1) is 15.2. The molecule has 0 radical (unpaired) electrons. The van der Waals surface area contributed by atoms with E-state index in [0.29, 0.717) is 24.5 Å². The standard InChI is InChI=1S/C14H18N2O2S3/c1-10-14(7-12(20-10)8-15-2)21(17,18)16-5-3-13-11(9-16)4-6-19-13/h4,6-7,15H,3,5,8-9H2,1-2H3. The molecule has 0 aromatic carbocycles. The Morgan fingerprint density at radius 2 is 2.24 bits per heavy atom. The quantitative estimate of drug-likeness (QED) is 0.929. The number of fused-ring (bicyclic) bond motifs is 1. The van der Waals surface area contributed by atoms with E-state index in [0.717, 1.165) is 21.7 Å². The van der Waals surface area contributed by atoms with Crippen LogP contribution in [0.15, 0.2) is 22.4 Å². The average Bonchev–Trinajstić information content (AvgIpc) is 3.04. The topological polar surface area (TPSA) is 49.4 Å². The van der Waals surface area contributed by atoms with Gasteiger partial charge < -0.3 is 5.32 Å². The maximum Gasteiger partial charge on any atom is 0.244 e. The van der Waals surface area contributed by atoms with Crippen LogP contribution in [0.2, 0.25) is 0 Å². The molecule has 0 aliphatic carbocycles. The number of rotatable bonds is 4. The first-order chi connectivity index (χ1) is 10.0. The van der Waals surface area contributed by atoms with Gasteiger partial charge in [0, 0.05) is 34.3 Å². The van der Waals surface area contributed by atoms with E-state index in [2.05, 4.69) is 5.32 Å². The molecular weight excluding hydrogens is 324 g/mol. The second-order valence-corrected chi connectivity index (χ2v) is 9.37. The molecule has 0 unspecified atom stereocenters. The Labute approximate surface area is 133 Å². The van der Waals surface area contributed by atoms with Crippen molar-refractivity contribution in [2.24, 2.45) is 0 Å². The Bertz CT molecular complexity index is 746. The molecular formula is C14H18N2O2S3. The van der Waals surface area contributed by atoms with Crippen LogP contribution in [-0.4, -0.2) is 26.3 Å². The number of nitrogens with one attached hydrogen (secondary N) is 1. The second kappa shape index (κ2) is 5.81. The van der Waals surface area contributed by atoms with Crippen LogP contribution in [0.3, 0.4) is 0 Å². The summed E-state index contributed by atoms with van der Waals surface area (Å²) in [5, 5.41) is 5.11. The number of sulfonamides is 1. The summed E-state index contributed by atoms with van der Waals surface area (Å²) in [5.41, 5.74) is 1.15. The predicted molar refractivity (Wildman–Crippen MR) is 87.4 cm³/mol. The lowest BCUT2D eigenvalue weighted by molar-refractivity contribution is 0.394. The van der Waals surface area contributed by atoms with Crippen LogP contribution in [0, 0.1) is 6.92 Å². The van der Waals surface area contributed by atoms with Gasteiger partial charge >= 0.3 is 0 Å². The highest BCUT2D eigenvalue weighted by Gasteiger charge is 2.30. The van der Waals surface area contributed by atoms with Gasteiger partial charge in [-0.15, -0.1) is 22.7 Å². The number of nitrogens with zero attached hydrogens (tertiary/aromatic N) is 1. The normalized spacial score (nSPS) is 16.1. The molecule has 0 saturated carbocycles. The Morgan fingerprint density at radius 1 is 1.43 bits per heavy atom. The molecule has 0 spiro atoms. The highest BCUT2D eigenvalue weighted by molar-refractivity contribution is 7.89. The fourth-order valence-corrected chi connectivity index (χ4v) is 6.53. The number of thiophene rings is 2. The van der Waals surface area contributed by atoms with Crippen molar-refractivity contribution < 1.29 is 8.42 Å². The van der Waals surface area contributed by atoms with Crippen molar-refractivity contribution in [3.05, 3.63) is 37.7 Å². The SMILES string of the molecule is CNCc1cc(S(=O)(=O)N2CCc3sccc3C2)c(C)s1. The van der Waals surface area contributed by atoms with Gasteiger partial charge in [0.25, 0.3) is 0 Å². The molecule has 7 heteroatoms. The molecule has 0 saturated heterocycles. The molecule has 0 fully saturated rings. The zero-order chi connectivity index (χ0) is 15.0. The summed E-state index contributed by atoms with van der Waals surface area (Å²) in [5.74, 6) is 0. The van der Waals surface area contributed by atoms with Crippen molar-refractivity contribution in [3.63, 3.8) is 0 Å². The fourth-order valence-electron chi connectivity index (χ4n) is 2.61. The summed E-state index contributed by atoms with van der Waals surface area (Å²) >= 11 is 3.27. The molecule has 3 heterocycles. The van der Waals surface area contributed by atoms with Crippen molar-refractivity contribution in [2.45, 2.75) is 31.3 Å². The average molecular weight is 343 g/mol. The lowest BCUT2D eigenvalue weighted by Crippen LogP contribution is -2.35. The lowest BCUT2D eigenvalue weighted by atomic mass is 10.1. The number of hydrogen-bond donors (Lipinski definition) is 1. The zero-order valence-electron chi connectivity index (χ0n) is 12.0. The molecule has 21 heavy (non-hydrogen) atoms. The van der Waals surface area contributed by atoms with Crippen molar-refractivity contribution in [3.8, 4) is 0 Å². The Balaban J connectivity index is 1.91. The van der Waals surface area contributed by atoms with E-state index in [1.807, 2.05) is 31.5 Å². The van der Waals surface area contributed by atoms with Crippen LogP contribution >= 0.6 is 22.7 Å². The van der Waals surface area contributed by atoms with Gasteiger partial charge in [0.1, 0.15) is 0 Å². The van der Waals surface area contributed by atoms with E-state index < -0.39 is 10.0 Å². The van der Waals surface area contributed by atoms with E-state index in [4.69, 9.17) is 0 Å². The van der Waals surface area contributed by atoms with Gasteiger partial charge in [0.15, 0.2) is 0 Å². The number of hydrogen-bond acceptors (Lipinski definition) is 5. The van der Waals surface area contributed by atoms with Crippen LogP contribution in [0.1, 0.15) is 20.2 Å². The van der Waals surface area contributed by atoms with E-state index in [-0.39, 0.29) is 0 Å². The first-order valence-corrected chi connectivity index (χ1v) is 9.95. The molecule has 0 bridgehead atoms. The molecule has 2 aromatic rings. The smallest absolute Gasteiger partial charge is 0.244 e. The van der Waals surface area contributed by atoms with Crippen LogP contribution in [-0.2, 0) is 29.5 Å². The third-order valence-electron chi connectivity index (χ3n) is 3.66. The Morgan fingerprint density at radius 3 is 3.00 bits per heavy atom. The van der Waals surface area contributed by atoms with Gasteiger partial charge in [-0.1, -0.05) is 0 Å². The molecule has 0 amide bonds. The Kier molecular flexibility index (Phi) is 4.20. The van der Waals surface area contributed by atoms with Crippen LogP contribution in [0.4, 0.5) is 0 Å². The van der Waals surface area contributed by atoms with Crippen molar-refractivity contribution >= 4 is 32.7 Å². The second-order valence-electron chi connectivity index (χ2n) is 5.12. The Hall–Kier alpha value is -0.730. The summed E-state index contributed by atoms with van der Waals surface area (Å²) in [7, 11) is -1.52. The summed E-state index contributed by atoms with van der Waals surface area (Å²) in [6, 6.07) is 3.85. The van der Waals surface area contributed by atoms with Crippen LogP contribution < -0.4 is 5.32 Å². The van der Waals surface area contributed by atoms with Crippen molar-refractivity contribution in [1.29, 1.82) is 0 Å². The van der Waals surface area contributed by atoms with Gasteiger partial charge in [0.05, 0.1) is 4.90 Å². The monoisotopic (exact) mass is 342 g/mol. The summed E-state index contributed by atoms with van der Waals surface area (Å²) in [4.78, 5) is 3.72. The minimum Gasteiger partial charge on any atom is -0.315 e. The van der Waals surface area contributed by atoms with Gasteiger partial charge in [-0.25, -0.2) is 8.42 Å². The molecule has 1 N–H and O–H groups in total. The van der Waals surface area contributed by atoms with Crippen molar-refractivity contribution in [1.82, 2.24) is 9.62 Å². The zero-order valence-corrected chi connectivity index (χ0v) is 14.5. The molecule has 4 nitrogen and oxygen atoms in total. The summed E-state index contributed by atoms with van der Waals surface area (Å²) < 4.78 is 27.4. The van der Waals surface area contributed by atoms with Gasteiger partial charge in [0.2, 0.25) is 10.0 Å². The fraction of sp³-hybridized carbons (Fsp3) is 0.429. The van der Waals surface area contributed by atoms with E-state index in [1.54, 1.807) is 27.0 Å². The van der Waals surface area contributed by atoms with Gasteiger partial charge in [-0.2, -0.15) is 4.31 Å². The minimum absolute atomic E-state index is 0.469. The van der Waals surface area contributed by atoms with Crippen LogP contribution in [0.5, 0.6) is 0 Å². The lowest BCUT2D eigenvalue weighted by Gasteiger charge is -2.26. The van der Waals surface area contributed by atoms with Gasteiger partial charge in [-0.3, -0.25) is 0 Å². The molecule has 1 aliphatic heterocycles. The molecule has 2 aromatic heterocycles. The predicted octanol–water partition coefficient (Wildman–Crippen LogP) is 2.58.